The lowest BCUT2D eigenvalue weighted by molar-refractivity contribution is -0.141. The number of morpholine rings is 1. The Balaban J connectivity index is 1.47. The van der Waals surface area contributed by atoms with Gasteiger partial charge in [0.2, 0.25) is 5.91 Å². The number of carbonyl (C=O) groups excluding carboxylic acids is 2. The lowest BCUT2D eigenvalue weighted by Crippen LogP contribution is -2.57. The van der Waals surface area contributed by atoms with Crippen LogP contribution >= 0.6 is 0 Å². The van der Waals surface area contributed by atoms with Crippen molar-refractivity contribution < 1.29 is 14.3 Å². The molecule has 3 amide bonds. The molecule has 3 heterocycles. The number of aromatic nitrogens is 1. The van der Waals surface area contributed by atoms with Crippen LogP contribution in [0.3, 0.4) is 0 Å². The Kier molecular flexibility index (Phi) is 5.83. The minimum atomic E-state index is -0.167. The Morgan fingerprint density at radius 2 is 1.80 bits per heavy atom. The van der Waals surface area contributed by atoms with Crippen molar-refractivity contribution in [3.63, 3.8) is 0 Å². The zero-order valence-electron chi connectivity index (χ0n) is 14.6. The topological polar surface area (TPSA) is 78.0 Å². The molecule has 0 bridgehead atoms. The Hall–Kier alpha value is -2.19. The van der Waals surface area contributed by atoms with Crippen molar-refractivity contribution in [3.05, 3.63) is 24.4 Å². The molecule has 1 aromatic rings. The van der Waals surface area contributed by atoms with E-state index < -0.39 is 0 Å². The molecule has 136 valence electrons. The number of urea groups is 1. The van der Waals surface area contributed by atoms with Crippen molar-refractivity contribution in [1.29, 1.82) is 0 Å². The second-order valence-corrected chi connectivity index (χ2v) is 6.28. The van der Waals surface area contributed by atoms with Crippen molar-refractivity contribution in [3.8, 4) is 0 Å². The van der Waals surface area contributed by atoms with Gasteiger partial charge in [-0.25, -0.2) is 9.78 Å². The molecule has 3 rings (SSSR count). The fourth-order valence-electron chi connectivity index (χ4n) is 3.14. The number of carbonyl (C=O) groups is 2. The molecule has 1 atom stereocenters. The van der Waals surface area contributed by atoms with Crippen LogP contribution in [0, 0.1) is 0 Å². The molecule has 1 aromatic heterocycles. The summed E-state index contributed by atoms with van der Waals surface area (Å²) in [5.41, 5.74) is 0. The van der Waals surface area contributed by atoms with Crippen LogP contribution < -0.4 is 5.32 Å². The van der Waals surface area contributed by atoms with Crippen LogP contribution in [0.1, 0.15) is 6.92 Å². The van der Waals surface area contributed by atoms with E-state index in [9.17, 15) is 9.59 Å². The summed E-state index contributed by atoms with van der Waals surface area (Å²) < 4.78 is 5.30. The number of rotatable bonds is 3. The van der Waals surface area contributed by atoms with E-state index in [1.54, 1.807) is 23.2 Å². The van der Waals surface area contributed by atoms with Crippen LogP contribution in [-0.2, 0) is 9.53 Å². The molecule has 2 saturated heterocycles. The smallest absolute Gasteiger partial charge is 0.323 e. The molecule has 2 aliphatic heterocycles. The molecule has 8 heteroatoms. The van der Waals surface area contributed by atoms with Crippen molar-refractivity contribution in [2.45, 2.75) is 13.0 Å². The van der Waals surface area contributed by atoms with Gasteiger partial charge in [-0.05, 0) is 19.1 Å². The van der Waals surface area contributed by atoms with Gasteiger partial charge in [0, 0.05) is 45.5 Å². The maximum Gasteiger partial charge on any atom is 0.323 e. The third-order valence-electron chi connectivity index (χ3n) is 4.73. The number of pyridine rings is 1. The molecule has 8 nitrogen and oxygen atoms in total. The molecule has 0 spiro atoms. The van der Waals surface area contributed by atoms with Crippen molar-refractivity contribution in [2.24, 2.45) is 0 Å². The van der Waals surface area contributed by atoms with Crippen LogP contribution in [-0.4, -0.2) is 90.1 Å². The van der Waals surface area contributed by atoms with Gasteiger partial charge >= 0.3 is 6.03 Å². The summed E-state index contributed by atoms with van der Waals surface area (Å²) in [4.78, 5) is 34.7. The van der Waals surface area contributed by atoms with E-state index in [1.165, 1.54) is 0 Å². The molecule has 0 aliphatic carbocycles. The zero-order chi connectivity index (χ0) is 17.6. The van der Waals surface area contributed by atoms with Gasteiger partial charge in [0.05, 0.1) is 19.3 Å². The van der Waals surface area contributed by atoms with Gasteiger partial charge in [0.1, 0.15) is 5.82 Å². The normalized spacial score (nSPS) is 20.2. The van der Waals surface area contributed by atoms with E-state index in [0.717, 1.165) is 0 Å². The van der Waals surface area contributed by atoms with E-state index in [2.05, 4.69) is 15.2 Å². The minimum absolute atomic E-state index is 0.148. The lowest BCUT2D eigenvalue weighted by Gasteiger charge is -2.39. The van der Waals surface area contributed by atoms with Crippen LogP contribution in [0.2, 0.25) is 0 Å². The monoisotopic (exact) mass is 347 g/mol. The van der Waals surface area contributed by atoms with E-state index in [1.807, 2.05) is 17.9 Å². The van der Waals surface area contributed by atoms with Crippen molar-refractivity contribution in [1.82, 2.24) is 19.7 Å². The first-order valence-corrected chi connectivity index (χ1v) is 8.72. The van der Waals surface area contributed by atoms with Gasteiger partial charge in [0.15, 0.2) is 0 Å². The number of piperazine rings is 1. The molecular formula is C17H25N5O3. The molecule has 2 fully saturated rings. The summed E-state index contributed by atoms with van der Waals surface area (Å²) in [6.45, 7) is 7.06. The van der Waals surface area contributed by atoms with E-state index in [-0.39, 0.29) is 18.0 Å². The van der Waals surface area contributed by atoms with Crippen LogP contribution in [0.15, 0.2) is 24.4 Å². The van der Waals surface area contributed by atoms with Crippen molar-refractivity contribution >= 4 is 17.8 Å². The highest BCUT2D eigenvalue weighted by Crippen LogP contribution is 2.12. The lowest BCUT2D eigenvalue weighted by atomic mass is 10.2. The molecule has 1 unspecified atom stereocenters. The summed E-state index contributed by atoms with van der Waals surface area (Å²) >= 11 is 0. The molecule has 0 aromatic carbocycles. The summed E-state index contributed by atoms with van der Waals surface area (Å²) in [5.74, 6) is 0.695. The average molecular weight is 347 g/mol. The summed E-state index contributed by atoms with van der Waals surface area (Å²) in [6.07, 6.45) is 1.65. The number of amides is 3. The molecular weight excluding hydrogens is 322 g/mol. The van der Waals surface area contributed by atoms with Crippen LogP contribution in [0.4, 0.5) is 10.6 Å². The standard InChI is InChI=1S/C17H25N5O3/c1-14(16(23)21-10-12-25-13-11-21)20-6-8-22(9-7-20)17(24)19-15-4-2-3-5-18-15/h2-5,14H,6-13H2,1H3,(H,18,19,24). The predicted molar refractivity (Wildman–Crippen MR) is 93.3 cm³/mol. The molecule has 0 saturated carbocycles. The first kappa shape index (κ1) is 17.6. The average Bonchev–Trinajstić information content (AvgIpc) is 2.68. The number of ether oxygens (including phenoxy) is 1. The third kappa shape index (κ3) is 4.46. The Morgan fingerprint density at radius 3 is 2.44 bits per heavy atom. The Labute approximate surface area is 147 Å². The van der Waals surface area contributed by atoms with E-state index in [0.29, 0.717) is 58.3 Å². The van der Waals surface area contributed by atoms with Crippen LogP contribution in [0.25, 0.3) is 0 Å². The Bertz CT molecular complexity index is 583. The maximum atomic E-state index is 12.6. The highest BCUT2D eigenvalue weighted by Gasteiger charge is 2.30. The number of anilines is 1. The summed E-state index contributed by atoms with van der Waals surface area (Å²) in [5, 5.41) is 2.80. The minimum Gasteiger partial charge on any atom is -0.378 e. The predicted octanol–water partition coefficient (Wildman–Crippen LogP) is 0.478. The largest absolute Gasteiger partial charge is 0.378 e. The van der Waals surface area contributed by atoms with Crippen LogP contribution in [0.5, 0.6) is 0 Å². The highest BCUT2D eigenvalue weighted by atomic mass is 16.5. The zero-order valence-corrected chi connectivity index (χ0v) is 14.6. The molecule has 1 N–H and O–H groups in total. The van der Waals surface area contributed by atoms with Gasteiger partial charge < -0.3 is 14.5 Å². The molecule has 25 heavy (non-hydrogen) atoms. The molecule has 2 aliphatic rings. The third-order valence-corrected chi connectivity index (χ3v) is 4.73. The Morgan fingerprint density at radius 1 is 1.08 bits per heavy atom. The first-order valence-electron chi connectivity index (χ1n) is 8.72. The summed E-state index contributed by atoms with van der Waals surface area (Å²) in [7, 11) is 0. The fourth-order valence-corrected chi connectivity index (χ4v) is 3.14. The van der Waals surface area contributed by atoms with Gasteiger partial charge in [-0.1, -0.05) is 6.07 Å². The first-order chi connectivity index (χ1) is 12.1. The van der Waals surface area contributed by atoms with Gasteiger partial charge in [-0.3, -0.25) is 15.0 Å². The maximum absolute atomic E-state index is 12.6. The van der Waals surface area contributed by atoms with Gasteiger partial charge in [-0.15, -0.1) is 0 Å². The summed E-state index contributed by atoms with van der Waals surface area (Å²) in [6, 6.07) is 5.09. The van der Waals surface area contributed by atoms with E-state index >= 15 is 0 Å². The highest BCUT2D eigenvalue weighted by molar-refractivity contribution is 5.88. The van der Waals surface area contributed by atoms with E-state index in [4.69, 9.17) is 4.74 Å². The molecule has 0 radical (unpaired) electrons. The fraction of sp³-hybridized carbons (Fsp3) is 0.588. The second kappa shape index (κ2) is 8.26. The number of nitrogens with one attached hydrogen (secondary N) is 1. The van der Waals surface area contributed by atoms with Crippen molar-refractivity contribution in [2.75, 3.05) is 57.8 Å². The van der Waals surface area contributed by atoms with Gasteiger partial charge in [-0.2, -0.15) is 0 Å². The second-order valence-electron chi connectivity index (χ2n) is 6.28. The quantitative estimate of drug-likeness (QED) is 0.860. The number of hydrogen-bond donors (Lipinski definition) is 1. The van der Waals surface area contributed by atoms with Gasteiger partial charge in [0.25, 0.3) is 0 Å². The number of nitrogens with zero attached hydrogens (tertiary/aromatic N) is 4. The SMILES string of the molecule is CC(C(=O)N1CCOCC1)N1CCN(C(=O)Nc2ccccn2)CC1. The number of hydrogen-bond acceptors (Lipinski definition) is 5.